The maximum Gasteiger partial charge on any atom is 0.264 e. The normalized spacial score (nSPS) is 31.6. The molecular formula is C28H30N4O5S. The number of rotatable bonds is 7. The lowest BCUT2D eigenvalue weighted by Crippen LogP contribution is -2.54. The Kier molecular flexibility index (Phi) is 5.66. The van der Waals surface area contributed by atoms with Gasteiger partial charge in [-0.05, 0) is 74.8 Å². The second kappa shape index (κ2) is 8.98. The van der Waals surface area contributed by atoms with E-state index in [1.54, 1.807) is 29.5 Å². The predicted octanol–water partition coefficient (Wildman–Crippen LogP) is 3.64. The Bertz CT molecular complexity index is 1320. The van der Waals surface area contributed by atoms with Gasteiger partial charge in [0.1, 0.15) is 11.0 Å². The highest BCUT2D eigenvalue weighted by Crippen LogP contribution is 2.57. The summed E-state index contributed by atoms with van der Waals surface area (Å²) < 4.78 is 6.56. The fourth-order valence-electron chi connectivity index (χ4n) is 7.77. The minimum Gasteiger partial charge on any atom is -0.379 e. The number of benzene rings is 1. The first kappa shape index (κ1) is 24.0. The molecule has 2 N–H and O–H groups in total. The van der Waals surface area contributed by atoms with Crippen LogP contribution in [0.3, 0.4) is 0 Å². The molecule has 198 valence electrons. The minimum atomic E-state index is -0.983. The van der Waals surface area contributed by atoms with Gasteiger partial charge < -0.3 is 10.1 Å². The van der Waals surface area contributed by atoms with E-state index in [9.17, 15) is 19.2 Å². The van der Waals surface area contributed by atoms with Gasteiger partial charge in [-0.1, -0.05) is 6.07 Å². The summed E-state index contributed by atoms with van der Waals surface area (Å²) in [6.45, 7) is 0.926. The number of nitrogens with zero attached hydrogens (tertiary/aromatic N) is 2. The van der Waals surface area contributed by atoms with E-state index in [1.165, 1.54) is 38.5 Å². The van der Waals surface area contributed by atoms with Crippen LogP contribution in [-0.4, -0.2) is 45.2 Å². The summed E-state index contributed by atoms with van der Waals surface area (Å²) in [7, 11) is 0. The summed E-state index contributed by atoms with van der Waals surface area (Å²) >= 11 is 1.58. The van der Waals surface area contributed by atoms with E-state index in [4.69, 9.17) is 9.72 Å². The molecule has 2 aliphatic heterocycles. The smallest absolute Gasteiger partial charge is 0.264 e. The molecule has 4 aliphatic carbocycles. The SMILES string of the molecule is O=C1CCC(N2C(=O)c3cccc(NCc4csc(COC56CC7CC(CC(C7)C5)C6)n4)c3C2=O)C(=O)N1. The van der Waals surface area contributed by atoms with Gasteiger partial charge >= 0.3 is 0 Å². The number of carbonyl (C=O) groups excluding carboxylic acids is 4. The number of nitrogens with one attached hydrogen (secondary N) is 2. The number of carbonyl (C=O) groups is 4. The average molecular weight is 535 g/mol. The topological polar surface area (TPSA) is 118 Å². The van der Waals surface area contributed by atoms with Crippen molar-refractivity contribution < 1.29 is 23.9 Å². The number of amides is 4. The van der Waals surface area contributed by atoms with Crippen LogP contribution >= 0.6 is 11.3 Å². The lowest BCUT2D eigenvalue weighted by Gasteiger charge is -2.56. The maximum atomic E-state index is 13.3. The number of anilines is 1. The monoisotopic (exact) mass is 534 g/mol. The third-order valence-corrected chi connectivity index (χ3v) is 9.88. The number of fused-ring (bicyclic) bond motifs is 1. The van der Waals surface area contributed by atoms with E-state index < -0.39 is 29.7 Å². The number of hydrogen-bond donors (Lipinski definition) is 2. The van der Waals surface area contributed by atoms with Crippen molar-refractivity contribution in [2.45, 2.75) is 76.2 Å². The fourth-order valence-corrected chi connectivity index (χ4v) is 8.47. The molecule has 0 spiro atoms. The van der Waals surface area contributed by atoms with E-state index in [0.29, 0.717) is 18.8 Å². The third-order valence-electron chi connectivity index (χ3n) is 9.01. The van der Waals surface area contributed by atoms with Gasteiger partial charge in [-0.2, -0.15) is 0 Å². The highest BCUT2D eigenvalue weighted by molar-refractivity contribution is 7.09. The van der Waals surface area contributed by atoms with Crippen LogP contribution in [0.1, 0.15) is 82.8 Å². The van der Waals surface area contributed by atoms with Crippen LogP contribution in [0, 0.1) is 17.8 Å². The largest absolute Gasteiger partial charge is 0.379 e. The third kappa shape index (κ3) is 4.05. The van der Waals surface area contributed by atoms with E-state index in [2.05, 4.69) is 10.6 Å². The molecular weight excluding hydrogens is 504 g/mol. The van der Waals surface area contributed by atoms with Crippen LogP contribution in [0.25, 0.3) is 0 Å². The molecule has 1 atom stereocenters. The van der Waals surface area contributed by atoms with Gasteiger partial charge in [0.05, 0.1) is 35.6 Å². The first-order chi connectivity index (χ1) is 18.4. The van der Waals surface area contributed by atoms with Crippen LogP contribution in [0.2, 0.25) is 0 Å². The van der Waals surface area contributed by atoms with Crippen LogP contribution in [0.4, 0.5) is 5.69 Å². The minimum absolute atomic E-state index is 0.0464. The van der Waals surface area contributed by atoms with Crippen LogP contribution in [0.15, 0.2) is 23.6 Å². The quantitative estimate of drug-likeness (QED) is 0.521. The molecule has 8 rings (SSSR count). The highest BCUT2D eigenvalue weighted by atomic mass is 32.1. The standard InChI is InChI=1S/C28H30N4O5S/c33-22-5-4-21(25(34)31-22)32-26(35)19-2-1-3-20(24(19)27(32)36)29-12-18-14-38-23(30-18)13-37-28-9-15-6-16(10-28)8-17(7-15)11-28/h1-3,14-17,21,29H,4-13H2,(H,31,33,34). The molecule has 2 aromatic rings. The zero-order valence-electron chi connectivity index (χ0n) is 21.0. The maximum absolute atomic E-state index is 13.3. The lowest BCUT2D eigenvalue weighted by molar-refractivity contribution is -0.168. The number of imide groups is 2. The van der Waals surface area contributed by atoms with Gasteiger partial charge in [0, 0.05) is 17.5 Å². The van der Waals surface area contributed by atoms with Crippen molar-refractivity contribution in [3.05, 3.63) is 45.4 Å². The van der Waals surface area contributed by atoms with E-state index >= 15 is 0 Å². The summed E-state index contributed by atoms with van der Waals surface area (Å²) in [5.74, 6) is 0.472. The first-order valence-electron chi connectivity index (χ1n) is 13.5. The van der Waals surface area contributed by atoms with Gasteiger partial charge in [0.25, 0.3) is 11.8 Å². The predicted molar refractivity (Wildman–Crippen MR) is 138 cm³/mol. The van der Waals surface area contributed by atoms with E-state index in [1.807, 2.05) is 5.38 Å². The van der Waals surface area contributed by atoms with Gasteiger partial charge in [-0.3, -0.25) is 29.4 Å². The summed E-state index contributed by atoms with van der Waals surface area (Å²) in [5, 5.41) is 8.44. The molecule has 4 bridgehead atoms. The molecule has 4 amide bonds. The van der Waals surface area contributed by atoms with Gasteiger partial charge in [-0.25, -0.2) is 4.98 Å². The van der Waals surface area contributed by atoms with Crippen molar-refractivity contribution in [2.24, 2.45) is 17.8 Å². The summed E-state index contributed by atoms with van der Waals surface area (Å²) in [6, 6.07) is 4.08. The molecule has 38 heavy (non-hydrogen) atoms. The number of ether oxygens (including phenoxy) is 1. The summed E-state index contributed by atoms with van der Waals surface area (Å²) in [5.41, 5.74) is 1.92. The summed E-state index contributed by atoms with van der Waals surface area (Å²) in [6.07, 6.45) is 7.97. The zero-order valence-corrected chi connectivity index (χ0v) is 21.9. The molecule has 1 unspecified atom stereocenters. The number of thiazole rings is 1. The Morgan fingerprint density at radius 2 is 1.79 bits per heavy atom. The van der Waals surface area contributed by atoms with Crippen LogP contribution in [-0.2, 0) is 27.5 Å². The molecule has 5 fully saturated rings. The molecule has 6 aliphatic rings. The van der Waals surface area contributed by atoms with Gasteiger partial charge in [-0.15, -0.1) is 11.3 Å². The van der Waals surface area contributed by atoms with Crippen molar-refractivity contribution in [1.29, 1.82) is 0 Å². The molecule has 1 aromatic heterocycles. The molecule has 10 heteroatoms. The zero-order chi connectivity index (χ0) is 26.0. The van der Waals surface area contributed by atoms with Crippen molar-refractivity contribution >= 4 is 40.7 Å². The van der Waals surface area contributed by atoms with E-state index in [0.717, 1.165) is 33.4 Å². The fraction of sp³-hybridized carbons (Fsp3) is 0.536. The highest BCUT2D eigenvalue weighted by Gasteiger charge is 2.51. The molecule has 1 aromatic carbocycles. The summed E-state index contributed by atoms with van der Waals surface area (Å²) in [4.78, 5) is 56.0. The Morgan fingerprint density at radius 1 is 1.05 bits per heavy atom. The van der Waals surface area contributed by atoms with Crippen LogP contribution < -0.4 is 10.6 Å². The molecule has 9 nitrogen and oxygen atoms in total. The molecule has 4 saturated carbocycles. The molecule has 0 radical (unpaired) electrons. The van der Waals surface area contributed by atoms with E-state index in [-0.39, 0.29) is 29.6 Å². The first-order valence-corrected chi connectivity index (χ1v) is 14.4. The number of hydrogen-bond acceptors (Lipinski definition) is 8. The Labute approximate surface area is 224 Å². The van der Waals surface area contributed by atoms with Gasteiger partial charge in [0.2, 0.25) is 11.8 Å². The van der Waals surface area contributed by atoms with Crippen LogP contribution in [0.5, 0.6) is 0 Å². The Morgan fingerprint density at radius 3 is 2.50 bits per heavy atom. The van der Waals surface area contributed by atoms with Crippen molar-refractivity contribution in [3.8, 4) is 0 Å². The second-order valence-corrected chi connectivity index (χ2v) is 12.6. The number of aromatic nitrogens is 1. The Balaban J connectivity index is 1.01. The van der Waals surface area contributed by atoms with Crippen molar-refractivity contribution in [3.63, 3.8) is 0 Å². The van der Waals surface area contributed by atoms with Gasteiger partial charge in [0.15, 0.2) is 0 Å². The lowest BCUT2D eigenvalue weighted by atomic mass is 9.54. The second-order valence-electron chi connectivity index (χ2n) is 11.7. The average Bonchev–Trinajstić information content (AvgIpc) is 3.44. The molecule has 1 saturated heterocycles. The Hall–Kier alpha value is -3.11. The van der Waals surface area contributed by atoms with Crippen molar-refractivity contribution in [2.75, 3.05) is 5.32 Å². The van der Waals surface area contributed by atoms with Crippen molar-refractivity contribution in [1.82, 2.24) is 15.2 Å². The number of piperidine rings is 1. The molecule has 3 heterocycles.